The van der Waals surface area contributed by atoms with E-state index in [-0.39, 0.29) is 4.90 Å². The van der Waals surface area contributed by atoms with Crippen molar-refractivity contribution in [3.8, 4) is 5.88 Å². The van der Waals surface area contributed by atoms with Crippen LogP contribution in [-0.4, -0.2) is 18.2 Å². The summed E-state index contributed by atoms with van der Waals surface area (Å²) in [4.78, 5) is -0.167. The number of aryl methyl sites for hydroxylation is 2. The Kier molecular flexibility index (Phi) is 4.26. The van der Waals surface area contributed by atoms with Gasteiger partial charge >= 0.3 is 16.3 Å². The number of aromatic nitrogens is 2. The highest BCUT2D eigenvalue weighted by atomic mass is 79.9. The maximum Gasteiger partial charge on any atom is 0.436 e. The van der Waals surface area contributed by atoms with E-state index in [2.05, 4.69) is 21.0 Å². The molecule has 0 amide bonds. The third kappa shape index (κ3) is 3.27. The van der Waals surface area contributed by atoms with Crippen LogP contribution in [0.2, 0.25) is 0 Å². The predicted molar refractivity (Wildman–Crippen MR) is 74.9 cm³/mol. The lowest BCUT2D eigenvalue weighted by atomic mass is 10.2. The van der Waals surface area contributed by atoms with Crippen LogP contribution in [0.4, 0.5) is 13.2 Å². The monoisotopic (exact) mass is 398 g/mol. The van der Waals surface area contributed by atoms with Crippen LogP contribution in [0.15, 0.2) is 33.6 Å². The molecule has 0 radical (unpaired) electrons. The Bertz CT molecular complexity index is 798. The van der Waals surface area contributed by atoms with E-state index in [1.165, 1.54) is 12.1 Å². The van der Waals surface area contributed by atoms with Crippen molar-refractivity contribution in [1.82, 2.24) is 9.78 Å². The topological polar surface area (TPSA) is 61.2 Å². The van der Waals surface area contributed by atoms with Crippen molar-refractivity contribution in [2.24, 2.45) is 7.05 Å². The highest BCUT2D eigenvalue weighted by molar-refractivity contribution is 9.10. The number of hydrogen-bond acceptors (Lipinski definition) is 4. The molecule has 0 unspecified atom stereocenters. The average Bonchev–Trinajstić information content (AvgIpc) is 2.67. The summed E-state index contributed by atoms with van der Waals surface area (Å²) in [6.07, 6.45) is -4.73. The Morgan fingerprint density at radius 3 is 2.23 bits per heavy atom. The van der Waals surface area contributed by atoms with Crippen molar-refractivity contribution in [1.29, 1.82) is 0 Å². The first kappa shape index (κ1) is 16.8. The zero-order valence-electron chi connectivity index (χ0n) is 11.3. The second-order valence-corrected chi connectivity index (χ2v) is 6.78. The van der Waals surface area contributed by atoms with Crippen molar-refractivity contribution in [3.05, 3.63) is 40.0 Å². The van der Waals surface area contributed by atoms with Gasteiger partial charge in [0.25, 0.3) is 0 Å². The van der Waals surface area contributed by atoms with Gasteiger partial charge in [-0.3, -0.25) is 0 Å². The van der Waals surface area contributed by atoms with Crippen molar-refractivity contribution in [2.45, 2.75) is 18.0 Å². The van der Waals surface area contributed by atoms with Gasteiger partial charge in [-0.05, 0) is 35.0 Å². The van der Waals surface area contributed by atoms with E-state index in [1.807, 2.05) is 0 Å². The quantitative estimate of drug-likeness (QED) is 0.744. The molecule has 0 aliphatic heterocycles. The molecular weight excluding hydrogens is 389 g/mol. The molecule has 0 saturated carbocycles. The Labute approximate surface area is 133 Å². The van der Waals surface area contributed by atoms with E-state index in [0.29, 0.717) is 4.68 Å². The third-order valence-corrected chi connectivity index (χ3v) is 4.65. The second-order valence-electron chi connectivity index (χ2n) is 4.44. The molecule has 0 N–H and O–H groups in total. The molecule has 0 bridgehead atoms. The van der Waals surface area contributed by atoms with Crippen molar-refractivity contribution in [3.63, 3.8) is 0 Å². The van der Waals surface area contributed by atoms with Crippen LogP contribution in [0.25, 0.3) is 0 Å². The molecule has 0 fully saturated rings. The molecule has 22 heavy (non-hydrogen) atoms. The lowest BCUT2D eigenvalue weighted by Crippen LogP contribution is -2.12. The van der Waals surface area contributed by atoms with Crippen LogP contribution >= 0.6 is 15.9 Å². The van der Waals surface area contributed by atoms with E-state index < -0.39 is 32.3 Å². The molecule has 0 atom stereocenters. The first-order valence-corrected chi connectivity index (χ1v) is 8.03. The number of halogens is 4. The minimum absolute atomic E-state index is 0.167. The molecule has 1 heterocycles. The van der Waals surface area contributed by atoms with E-state index >= 15 is 0 Å². The van der Waals surface area contributed by atoms with Crippen LogP contribution < -0.4 is 4.18 Å². The van der Waals surface area contributed by atoms with Crippen LogP contribution in [0, 0.1) is 6.92 Å². The lowest BCUT2D eigenvalue weighted by molar-refractivity contribution is -0.142. The van der Waals surface area contributed by atoms with E-state index in [9.17, 15) is 21.6 Å². The highest BCUT2D eigenvalue weighted by Crippen LogP contribution is 2.39. The number of rotatable bonds is 3. The molecule has 0 spiro atoms. The van der Waals surface area contributed by atoms with Gasteiger partial charge in [-0.15, -0.1) is 0 Å². The van der Waals surface area contributed by atoms with Crippen LogP contribution in [0.1, 0.15) is 11.3 Å². The van der Waals surface area contributed by atoms with Crippen molar-refractivity contribution >= 4 is 26.0 Å². The summed E-state index contributed by atoms with van der Waals surface area (Å²) in [5, 5.41) is 3.23. The van der Waals surface area contributed by atoms with E-state index in [0.717, 1.165) is 12.6 Å². The summed E-state index contributed by atoms with van der Waals surface area (Å²) < 4.78 is 67.3. The molecule has 1 aromatic carbocycles. The largest absolute Gasteiger partial charge is 0.436 e. The predicted octanol–water partition coefficient (Wildman–Crippen LogP) is 3.28. The molecule has 0 aliphatic carbocycles. The van der Waals surface area contributed by atoms with Gasteiger partial charge in [0, 0.05) is 7.05 Å². The maximum atomic E-state index is 12.7. The molecule has 0 aliphatic rings. The fourth-order valence-corrected chi connectivity index (χ4v) is 3.32. The minimum atomic E-state index is -4.73. The zero-order valence-corrected chi connectivity index (χ0v) is 13.8. The summed E-state index contributed by atoms with van der Waals surface area (Å²) in [5.74, 6) is -0.548. The molecular formula is C12H10BrF3N2O3S. The second kappa shape index (κ2) is 5.58. The van der Waals surface area contributed by atoms with Gasteiger partial charge in [-0.1, -0.05) is 17.7 Å². The zero-order chi connectivity index (χ0) is 16.7. The number of benzene rings is 1. The maximum absolute atomic E-state index is 12.7. The van der Waals surface area contributed by atoms with Gasteiger partial charge in [0.1, 0.15) is 9.37 Å². The number of hydrogen-bond donors (Lipinski definition) is 0. The van der Waals surface area contributed by atoms with Gasteiger partial charge in [-0.25, -0.2) is 4.68 Å². The smallest absolute Gasteiger partial charge is 0.357 e. The van der Waals surface area contributed by atoms with Gasteiger partial charge in [-0.2, -0.15) is 26.7 Å². The SMILES string of the molecule is Cc1ccc(S(=O)(=O)Oc2c(Br)c(C(F)(F)F)nn2C)cc1. The van der Waals surface area contributed by atoms with E-state index in [1.54, 1.807) is 19.1 Å². The Hall–Kier alpha value is -1.55. The summed E-state index contributed by atoms with van der Waals surface area (Å²) in [6.45, 7) is 1.77. The molecule has 120 valence electrons. The summed E-state index contributed by atoms with van der Waals surface area (Å²) in [5.41, 5.74) is -0.427. The fourth-order valence-electron chi connectivity index (χ4n) is 1.61. The number of alkyl halides is 3. The van der Waals surface area contributed by atoms with Gasteiger partial charge in [0.15, 0.2) is 5.69 Å². The normalized spacial score (nSPS) is 12.5. The van der Waals surface area contributed by atoms with Crippen LogP contribution in [0.3, 0.4) is 0 Å². The van der Waals surface area contributed by atoms with Gasteiger partial charge in [0.2, 0.25) is 5.88 Å². The van der Waals surface area contributed by atoms with Gasteiger partial charge < -0.3 is 4.18 Å². The molecule has 1 aromatic heterocycles. The van der Waals surface area contributed by atoms with Crippen LogP contribution in [0.5, 0.6) is 5.88 Å². The van der Waals surface area contributed by atoms with Crippen LogP contribution in [-0.2, 0) is 23.3 Å². The summed E-state index contributed by atoms with van der Waals surface area (Å²) in [7, 11) is -3.11. The Morgan fingerprint density at radius 2 is 1.77 bits per heavy atom. The standard InChI is InChI=1S/C12H10BrF3N2O3S/c1-7-3-5-8(6-4-7)22(19,20)21-11-9(13)10(12(14,15)16)17-18(11)2/h3-6H,1-2H3. The van der Waals surface area contributed by atoms with Crippen molar-refractivity contribution < 1.29 is 25.8 Å². The fraction of sp³-hybridized carbons (Fsp3) is 0.250. The summed E-state index contributed by atoms with van der Waals surface area (Å²) >= 11 is 2.68. The molecule has 10 heteroatoms. The molecule has 0 saturated heterocycles. The first-order chi connectivity index (χ1) is 10.0. The number of nitrogens with zero attached hydrogens (tertiary/aromatic N) is 2. The Morgan fingerprint density at radius 1 is 1.23 bits per heavy atom. The minimum Gasteiger partial charge on any atom is -0.357 e. The van der Waals surface area contributed by atoms with E-state index in [4.69, 9.17) is 4.18 Å². The average molecular weight is 399 g/mol. The third-order valence-electron chi connectivity index (χ3n) is 2.71. The first-order valence-electron chi connectivity index (χ1n) is 5.83. The Balaban J connectivity index is 2.43. The lowest BCUT2D eigenvalue weighted by Gasteiger charge is -2.07. The molecule has 2 aromatic rings. The van der Waals surface area contributed by atoms with Gasteiger partial charge in [0.05, 0.1) is 0 Å². The van der Waals surface area contributed by atoms with Crippen molar-refractivity contribution in [2.75, 3.05) is 0 Å². The molecule has 2 rings (SSSR count). The highest BCUT2D eigenvalue weighted by Gasteiger charge is 2.39. The summed E-state index contributed by atoms with van der Waals surface area (Å²) in [6, 6.07) is 5.71. The molecule has 5 nitrogen and oxygen atoms in total.